The average Bonchev–Trinajstić information content (AvgIpc) is 2.57. The van der Waals surface area contributed by atoms with Crippen LogP contribution in [0.5, 0.6) is 5.75 Å². The third-order valence-electron chi connectivity index (χ3n) is 4.39. The molecule has 1 aliphatic rings. The Labute approximate surface area is 169 Å². The van der Waals surface area contributed by atoms with Crippen LogP contribution in [0.2, 0.25) is 0 Å². The van der Waals surface area contributed by atoms with E-state index in [4.69, 9.17) is 0 Å². The molecule has 1 saturated heterocycles. The van der Waals surface area contributed by atoms with Gasteiger partial charge in [0.2, 0.25) is 0 Å². The quantitative estimate of drug-likeness (QED) is 0.333. The van der Waals surface area contributed by atoms with Crippen LogP contribution in [0.4, 0.5) is 0 Å². The molecule has 1 fully saturated rings. The number of benzene rings is 1. The first-order valence-electron chi connectivity index (χ1n) is 9.26. The smallest absolute Gasteiger partial charge is 0.191 e. The number of aliphatic imine (C=N–C) groups is 1. The van der Waals surface area contributed by atoms with E-state index in [-0.39, 0.29) is 24.0 Å². The number of nitrogens with zero attached hydrogens (tertiary/aromatic N) is 2. The highest BCUT2D eigenvalue weighted by Crippen LogP contribution is 2.12. The maximum atomic E-state index is 9.52. The Kier molecular flexibility index (Phi) is 10.9. The van der Waals surface area contributed by atoms with Crippen LogP contribution in [-0.2, 0) is 6.42 Å². The van der Waals surface area contributed by atoms with E-state index in [2.05, 4.69) is 34.4 Å². The molecule has 0 unspecified atom stereocenters. The van der Waals surface area contributed by atoms with Crippen LogP contribution < -0.4 is 10.6 Å². The van der Waals surface area contributed by atoms with Gasteiger partial charge in [-0.15, -0.1) is 24.0 Å². The number of hydrogen-bond donors (Lipinski definition) is 3. The van der Waals surface area contributed by atoms with E-state index in [0.717, 1.165) is 24.5 Å². The molecule has 25 heavy (non-hydrogen) atoms. The first-order chi connectivity index (χ1) is 11.7. The van der Waals surface area contributed by atoms with E-state index in [1.54, 1.807) is 12.1 Å². The molecule has 0 saturated carbocycles. The molecule has 0 atom stereocenters. The monoisotopic (exact) mass is 460 g/mol. The van der Waals surface area contributed by atoms with Gasteiger partial charge in [0, 0.05) is 32.2 Å². The molecule has 1 heterocycles. The van der Waals surface area contributed by atoms with E-state index in [1.807, 2.05) is 12.1 Å². The summed E-state index contributed by atoms with van der Waals surface area (Å²) in [5.41, 5.74) is 1.11. The molecule has 0 aromatic heterocycles. The van der Waals surface area contributed by atoms with Gasteiger partial charge < -0.3 is 20.6 Å². The Morgan fingerprint density at radius 3 is 2.68 bits per heavy atom. The first kappa shape index (κ1) is 22.0. The zero-order chi connectivity index (χ0) is 17.2. The highest BCUT2D eigenvalue weighted by Gasteiger charge is 2.19. The summed E-state index contributed by atoms with van der Waals surface area (Å²) in [4.78, 5) is 7.23. The summed E-state index contributed by atoms with van der Waals surface area (Å²) >= 11 is 0. The van der Waals surface area contributed by atoms with E-state index >= 15 is 0 Å². The first-order valence-corrected chi connectivity index (χ1v) is 9.26. The van der Waals surface area contributed by atoms with Gasteiger partial charge in [0.05, 0.1) is 0 Å². The van der Waals surface area contributed by atoms with Gasteiger partial charge >= 0.3 is 0 Å². The molecule has 3 N–H and O–H groups in total. The molecule has 0 aliphatic carbocycles. The predicted molar refractivity (Wildman–Crippen MR) is 116 cm³/mol. The van der Waals surface area contributed by atoms with Crippen molar-refractivity contribution in [2.75, 3.05) is 32.7 Å². The van der Waals surface area contributed by atoms with Crippen LogP contribution in [-0.4, -0.2) is 54.7 Å². The van der Waals surface area contributed by atoms with Gasteiger partial charge in [-0.2, -0.15) is 0 Å². The van der Waals surface area contributed by atoms with Gasteiger partial charge in [0.1, 0.15) is 5.75 Å². The summed E-state index contributed by atoms with van der Waals surface area (Å²) in [5.74, 6) is 1.23. The molecule has 0 radical (unpaired) electrons. The minimum Gasteiger partial charge on any atom is -0.508 e. The maximum Gasteiger partial charge on any atom is 0.191 e. The highest BCUT2D eigenvalue weighted by molar-refractivity contribution is 14.0. The van der Waals surface area contributed by atoms with Gasteiger partial charge in [-0.1, -0.05) is 19.1 Å². The second-order valence-electron chi connectivity index (χ2n) is 6.44. The topological polar surface area (TPSA) is 59.9 Å². The molecular weight excluding hydrogens is 427 g/mol. The summed E-state index contributed by atoms with van der Waals surface area (Å²) in [6, 6.07) is 7.92. The third kappa shape index (κ3) is 8.27. The van der Waals surface area contributed by atoms with E-state index in [1.165, 1.54) is 38.9 Å². The second-order valence-corrected chi connectivity index (χ2v) is 6.44. The SMILES string of the molecule is CCCN1CCC(NC(=NCCc2cccc(O)c2)NCC)CC1.I. The summed E-state index contributed by atoms with van der Waals surface area (Å²) in [5, 5.41) is 16.4. The van der Waals surface area contributed by atoms with Crippen LogP contribution >= 0.6 is 24.0 Å². The van der Waals surface area contributed by atoms with Crippen molar-refractivity contribution in [2.45, 2.75) is 45.6 Å². The molecule has 6 heteroatoms. The number of piperidine rings is 1. The number of hydrogen-bond acceptors (Lipinski definition) is 3. The fourth-order valence-electron chi connectivity index (χ4n) is 3.14. The van der Waals surface area contributed by atoms with Crippen molar-refractivity contribution in [1.82, 2.24) is 15.5 Å². The maximum absolute atomic E-state index is 9.52. The van der Waals surface area contributed by atoms with Crippen LogP contribution in [0.3, 0.4) is 0 Å². The highest BCUT2D eigenvalue weighted by atomic mass is 127. The van der Waals surface area contributed by atoms with Crippen LogP contribution in [0.15, 0.2) is 29.3 Å². The number of nitrogens with one attached hydrogen (secondary N) is 2. The lowest BCUT2D eigenvalue weighted by Gasteiger charge is -2.32. The normalized spacial score (nSPS) is 16.3. The van der Waals surface area contributed by atoms with Crippen LogP contribution in [0.1, 0.15) is 38.7 Å². The molecular formula is C19H33IN4O. The van der Waals surface area contributed by atoms with Crippen molar-refractivity contribution < 1.29 is 5.11 Å². The number of rotatable bonds is 7. The van der Waals surface area contributed by atoms with Crippen molar-refractivity contribution >= 4 is 29.9 Å². The lowest BCUT2D eigenvalue weighted by atomic mass is 10.1. The molecule has 1 aromatic rings. The number of guanidine groups is 1. The molecule has 1 aromatic carbocycles. The number of halogens is 1. The molecule has 0 spiro atoms. The Bertz CT molecular complexity index is 516. The Balaban J connectivity index is 0.00000312. The van der Waals surface area contributed by atoms with Crippen molar-refractivity contribution in [3.8, 4) is 5.75 Å². The van der Waals surface area contributed by atoms with Crippen LogP contribution in [0.25, 0.3) is 0 Å². The van der Waals surface area contributed by atoms with Crippen LogP contribution in [0, 0.1) is 0 Å². The fourth-order valence-corrected chi connectivity index (χ4v) is 3.14. The van der Waals surface area contributed by atoms with Crippen molar-refractivity contribution in [3.63, 3.8) is 0 Å². The zero-order valence-electron chi connectivity index (χ0n) is 15.5. The van der Waals surface area contributed by atoms with Crippen molar-refractivity contribution in [2.24, 2.45) is 4.99 Å². The van der Waals surface area contributed by atoms with Gasteiger partial charge in [-0.25, -0.2) is 0 Å². The number of likely N-dealkylation sites (tertiary alicyclic amines) is 1. The fraction of sp³-hybridized carbons (Fsp3) is 0.632. The molecule has 5 nitrogen and oxygen atoms in total. The Morgan fingerprint density at radius 2 is 2.04 bits per heavy atom. The van der Waals surface area contributed by atoms with Gasteiger partial charge in [0.15, 0.2) is 5.96 Å². The molecule has 2 rings (SSSR count). The second kappa shape index (κ2) is 12.4. The molecule has 0 bridgehead atoms. The number of phenols is 1. The molecule has 0 amide bonds. The zero-order valence-corrected chi connectivity index (χ0v) is 17.8. The number of phenolic OH excluding ortho intramolecular Hbond substituents is 1. The van der Waals surface area contributed by atoms with E-state index in [9.17, 15) is 5.11 Å². The lowest BCUT2D eigenvalue weighted by Crippen LogP contribution is -2.48. The summed E-state index contributed by atoms with van der Waals surface area (Å²) < 4.78 is 0. The van der Waals surface area contributed by atoms with E-state index in [0.29, 0.717) is 18.3 Å². The van der Waals surface area contributed by atoms with Gasteiger partial charge in [-0.05, 0) is 56.8 Å². The molecule has 1 aliphatic heterocycles. The third-order valence-corrected chi connectivity index (χ3v) is 4.39. The van der Waals surface area contributed by atoms with E-state index < -0.39 is 0 Å². The van der Waals surface area contributed by atoms with Crippen molar-refractivity contribution in [1.29, 1.82) is 0 Å². The summed E-state index contributed by atoms with van der Waals surface area (Å²) in [7, 11) is 0. The average molecular weight is 460 g/mol. The lowest BCUT2D eigenvalue weighted by molar-refractivity contribution is 0.206. The minimum atomic E-state index is 0. The van der Waals surface area contributed by atoms with Gasteiger partial charge in [-0.3, -0.25) is 4.99 Å². The standard InChI is InChI=1S/C19H32N4O.HI/c1-3-12-23-13-9-17(10-14-23)22-19(20-4-2)21-11-8-16-6-5-7-18(24)15-16;/h5-7,15,17,24H,3-4,8-14H2,1-2H3,(H2,20,21,22);1H. The van der Waals surface area contributed by atoms with Gasteiger partial charge in [0.25, 0.3) is 0 Å². The number of aromatic hydroxyl groups is 1. The minimum absolute atomic E-state index is 0. The molecule has 142 valence electrons. The predicted octanol–water partition coefficient (Wildman–Crippen LogP) is 2.98. The Morgan fingerprint density at radius 1 is 1.28 bits per heavy atom. The van der Waals surface area contributed by atoms with Crippen molar-refractivity contribution in [3.05, 3.63) is 29.8 Å². The Hall–Kier alpha value is -1.02. The summed E-state index contributed by atoms with van der Waals surface area (Å²) in [6.07, 6.45) is 4.42. The summed E-state index contributed by atoms with van der Waals surface area (Å²) in [6.45, 7) is 9.48. The largest absolute Gasteiger partial charge is 0.508 e.